The van der Waals surface area contributed by atoms with Crippen molar-refractivity contribution < 1.29 is 9.47 Å². The normalized spacial score (nSPS) is 17.5. The largest absolute Gasteiger partial charge is 0.497 e. The van der Waals surface area contributed by atoms with E-state index in [1.165, 1.54) is 38.5 Å². The first kappa shape index (κ1) is 47.1. The number of likely N-dealkylation sites (tertiary alicyclic amines) is 2. The summed E-state index contributed by atoms with van der Waals surface area (Å²) in [6, 6.07) is 37.2. The quantitative estimate of drug-likeness (QED) is 0.0944. The van der Waals surface area contributed by atoms with Crippen LogP contribution in [0.3, 0.4) is 0 Å². The molecule has 6 heterocycles. The van der Waals surface area contributed by atoms with Crippen molar-refractivity contribution in [2.45, 2.75) is 44.3 Å². The minimum absolute atomic E-state index is 0.387. The number of piperidine rings is 2. The Morgan fingerprint density at radius 3 is 1.49 bits per heavy atom. The highest BCUT2D eigenvalue weighted by atomic mass is 16.5. The number of fused-ring (bicyclic) bond motifs is 2. The van der Waals surface area contributed by atoms with Crippen molar-refractivity contribution >= 4 is 44.8 Å². The molecule has 0 spiro atoms. The van der Waals surface area contributed by atoms with E-state index in [9.17, 15) is 0 Å². The number of hydrogen-bond donors (Lipinski definition) is 4. The summed E-state index contributed by atoms with van der Waals surface area (Å²) in [7, 11) is 5.63. The summed E-state index contributed by atoms with van der Waals surface area (Å²) in [6.45, 7) is 13.3. The highest BCUT2D eigenvalue weighted by Gasteiger charge is 2.23. The van der Waals surface area contributed by atoms with Crippen LogP contribution >= 0.6 is 0 Å². The number of piperazine rings is 2. The maximum Gasteiger partial charge on any atom is 0.223 e. The van der Waals surface area contributed by atoms with Gasteiger partial charge in [0.05, 0.1) is 25.6 Å². The zero-order valence-electron chi connectivity index (χ0n) is 41.0. The van der Waals surface area contributed by atoms with E-state index in [1.54, 1.807) is 14.2 Å². The molecule has 0 atom stereocenters. The van der Waals surface area contributed by atoms with Crippen LogP contribution in [0.2, 0.25) is 0 Å². The van der Waals surface area contributed by atoms with Crippen LogP contribution in [0.25, 0.3) is 44.1 Å². The Kier molecular flexibility index (Phi) is 15.1. The fourth-order valence-electron chi connectivity index (χ4n) is 10.3. The van der Waals surface area contributed by atoms with Crippen LogP contribution in [0, 0.1) is 0 Å². The van der Waals surface area contributed by atoms with Gasteiger partial charge in [-0.05, 0) is 123 Å². The molecule has 0 aliphatic carbocycles. The van der Waals surface area contributed by atoms with Crippen molar-refractivity contribution in [1.29, 1.82) is 0 Å². The molecule has 7 aromatic rings. The Hall–Kier alpha value is -6.58. The number of nitrogens with zero attached hydrogens (tertiary/aromatic N) is 8. The molecule has 0 radical (unpaired) electrons. The molecule has 4 aliphatic heterocycles. The molecule has 0 unspecified atom stereocenters. The molecule has 14 nitrogen and oxygen atoms in total. The van der Waals surface area contributed by atoms with E-state index in [4.69, 9.17) is 19.4 Å². The number of benzene rings is 5. The fraction of sp³-hybridized carbons (Fsp3) is 0.393. The summed E-state index contributed by atoms with van der Waals surface area (Å²) < 4.78 is 11.1. The van der Waals surface area contributed by atoms with Gasteiger partial charge in [-0.15, -0.1) is 0 Å². The van der Waals surface area contributed by atoms with E-state index in [0.29, 0.717) is 18.0 Å². The lowest BCUT2D eigenvalue weighted by atomic mass is 10.0. The number of rotatable bonds is 12. The van der Waals surface area contributed by atoms with Gasteiger partial charge in [-0.1, -0.05) is 42.5 Å². The number of hydrogen-bond acceptors (Lipinski definition) is 14. The monoisotopic (exact) mass is 941 g/mol. The van der Waals surface area contributed by atoms with Gasteiger partial charge in [-0.2, -0.15) is 0 Å². The molecule has 70 heavy (non-hydrogen) atoms. The minimum Gasteiger partial charge on any atom is -0.497 e. The van der Waals surface area contributed by atoms with Crippen molar-refractivity contribution in [2.24, 2.45) is 0 Å². The maximum atomic E-state index is 5.54. The van der Waals surface area contributed by atoms with Gasteiger partial charge in [0.1, 0.15) is 11.5 Å². The lowest BCUT2D eigenvalue weighted by Gasteiger charge is -2.32. The Morgan fingerprint density at radius 1 is 0.543 bits per heavy atom. The first-order valence-electron chi connectivity index (χ1n) is 25.2. The molecule has 4 fully saturated rings. The standard InChI is InChI=1S/C31H36N6O.C25H32N6O/c1-38-27-8-7-24-19-25(20-30(28(24)21-27)37-17-13-32-14-18-37)29-9-12-33-31(35-29)34-26-10-15-36(16-11-26)22-23-5-3-2-4-6-23;1-30-11-6-20(7-12-30)28-25-27-8-5-23(29-25)19-15-18-3-4-21(32-2)17-22(18)24(16-19)31-13-9-26-10-14-31/h2-9,12,19-21,26,32H,10-11,13-18,22H2,1H3,(H,33,34,35);3-5,8,15-17,20,26H,6-7,9-14H2,1-2H3,(H,27,28,29). The first-order chi connectivity index (χ1) is 34.4. The topological polar surface area (TPSA) is 131 Å². The second kappa shape index (κ2) is 22.4. The second-order valence-electron chi connectivity index (χ2n) is 19.1. The SMILES string of the molecule is COc1ccc2cc(-c3ccnc(NC4CCN(C)CC4)n3)cc(N3CCNCC3)c2c1.COc1ccc2cc(-c3ccnc(NC4CCN(Cc5ccccc5)CC4)n3)cc(N3CCNCC3)c2c1. The van der Waals surface area contributed by atoms with E-state index in [1.807, 2.05) is 36.7 Å². The lowest BCUT2D eigenvalue weighted by Crippen LogP contribution is -2.43. The molecule has 14 heteroatoms. The average molecular weight is 941 g/mol. The zero-order chi connectivity index (χ0) is 47.7. The molecule has 4 aliphatic rings. The second-order valence-corrected chi connectivity index (χ2v) is 19.1. The van der Waals surface area contributed by atoms with E-state index in [2.05, 4.69) is 137 Å². The molecule has 2 aromatic heterocycles. The number of ether oxygens (including phenoxy) is 2. The molecule has 364 valence electrons. The van der Waals surface area contributed by atoms with Crippen LogP contribution in [0.5, 0.6) is 11.5 Å². The fourth-order valence-corrected chi connectivity index (χ4v) is 10.3. The van der Waals surface area contributed by atoms with Crippen molar-refractivity contribution in [2.75, 3.05) is 120 Å². The van der Waals surface area contributed by atoms with E-state index < -0.39 is 0 Å². The van der Waals surface area contributed by atoms with Gasteiger partial charge in [0.25, 0.3) is 0 Å². The summed E-state index contributed by atoms with van der Waals surface area (Å²) in [4.78, 5) is 28.8. The molecular weight excluding hydrogens is 873 g/mol. The lowest BCUT2D eigenvalue weighted by molar-refractivity contribution is 0.211. The van der Waals surface area contributed by atoms with Crippen molar-refractivity contribution in [3.8, 4) is 34.0 Å². The molecule has 4 saturated heterocycles. The highest BCUT2D eigenvalue weighted by molar-refractivity contribution is 6.00. The van der Waals surface area contributed by atoms with Crippen LogP contribution in [-0.4, -0.2) is 142 Å². The van der Waals surface area contributed by atoms with Gasteiger partial charge in [-0.25, -0.2) is 19.9 Å². The number of aromatic nitrogens is 4. The molecule has 11 rings (SSSR count). The van der Waals surface area contributed by atoms with Crippen LogP contribution < -0.4 is 40.5 Å². The van der Waals surface area contributed by atoms with Crippen LogP contribution in [0.15, 0.2) is 116 Å². The molecule has 0 saturated carbocycles. The zero-order valence-corrected chi connectivity index (χ0v) is 41.0. The highest BCUT2D eigenvalue weighted by Crippen LogP contribution is 2.37. The summed E-state index contributed by atoms with van der Waals surface area (Å²) in [5.74, 6) is 3.19. The van der Waals surface area contributed by atoms with Crippen molar-refractivity contribution in [1.82, 2.24) is 40.4 Å². The van der Waals surface area contributed by atoms with Gasteiger partial charge in [0.2, 0.25) is 11.9 Å². The Morgan fingerprint density at radius 2 is 1.01 bits per heavy atom. The van der Waals surface area contributed by atoms with Gasteiger partial charge < -0.3 is 45.4 Å². The van der Waals surface area contributed by atoms with Crippen LogP contribution in [0.1, 0.15) is 31.2 Å². The predicted octanol–water partition coefficient (Wildman–Crippen LogP) is 8.01. The van der Waals surface area contributed by atoms with Crippen LogP contribution in [-0.2, 0) is 6.54 Å². The third kappa shape index (κ3) is 11.5. The molecular formula is C56H68N12O2. The summed E-state index contributed by atoms with van der Waals surface area (Å²) in [5.41, 5.74) is 7.97. The van der Waals surface area contributed by atoms with Gasteiger partial charge in [0.15, 0.2) is 0 Å². The number of nitrogens with one attached hydrogen (secondary N) is 4. The summed E-state index contributed by atoms with van der Waals surface area (Å²) in [5, 5.41) is 18.9. The predicted molar refractivity (Wildman–Crippen MR) is 286 cm³/mol. The van der Waals surface area contributed by atoms with Gasteiger partial charge >= 0.3 is 0 Å². The number of anilines is 4. The third-order valence-corrected chi connectivity index (χ3v) is 14.3. The minimum atomic E-state index is 0.387. The van der Waals surface area contributed by atoms with Crippen LogP contribution in [0.4, 0.5) is 23.3 Å². The van der Waals surface area contributed by atoms with E-state index in [-0.39, 0.29) is 0 Å². The van der Waals surface area contributed by atoms with Crippen molar-refractivity contribution in [3.63, 3.8) is 0 Å². The molecule has 5 aromatic carbocycles. The van der Waals surface area contributed by atoms with E-state index in [0.717, 1.165) is 151 Å². The molecule has 4 N–H and O–H groups in total. The average Bonchev–Trinajstić information content (AvgIpc) is 3.42. The third-order valence-electron chi connectivity index (χ3n) is 14.3. The molecule has 0 amide bonds. The first-order valence-corrected chi connectivity index (χ1v) is 25.2. The maximum absolute atomic E-state index is 5.54. The Balaban J connectivity index is 0.000000165. The van der Waals surface area contributed by atoms with Gasteiger partial charge in [-0.3, -0.25) is 4.90 Å². The Labute approximate surface area is 412 Å². The number of methoxy groups -OCH3 is 2. The smallest absolute Gasteiger partial charge is 0.223 e. The summed E-state index contributed by atoms with van der Waals surface area (Å²) >= 11 is 0. The van der Waals surface area contributed by atoms with Gasteiger partial charge in [0, 0.05) is 130 Å². The summed E-state index contributed by atoms with van der Waals surface area (Å²) in [6.07, 6.45) is 8.15. The van der Waals surface area contributed by atoms with Crippen molar-refractivity contribution in [3.05, 3.63) is 121 Å². The Bertz CT molecular complexity index is 2820. The van der Waals surface area contributed by atoms with E-state index >= 15 is 0 Å². The molecule has 0 bridgehead atoms.